The minimum absolute atomic E-state index is 0.000814. The zero-order valence-electron chi connectivity index (χ0n) is 21.5. The van der Waals surface area contributed by atoms with Crippen molar-refractivity contribution in [1.82, 2.24) is 15.2 Å². The maximum absolute atomic E-state index is 5.88. The van der Waals surface area contributed by atoms with Gasteiger partial charge in [0.15, 0.2) is 5.11 Å². The van der Waals surface area contributed by atoms with Crippen LogP contribution in [0.15, 0.2) is 79.0 Å². The summed E-state index contributed by atoms with van der Waals surface area (Å²) in [5, 5.41) is 7.90. The van der Waals surface area contributed by atoms with Gasteiger partial charge in [-0.25, -0.2) is 0 Å². The molecule has 0 saturated carbocycles. The zero-order chi connectivity index (χ0) is 25.3. The molecule has 2 aliphatic heterocycles. The van der Waals surface area contributed by atoms with Gasteiger partial charge in [-0.3, -0.25) is 4.98 Å². The Balaban J connectivity index is 1.44. The van der Waals surface area contributed by atoms with Crippen molar-refractivity contribution in [3.63, 3.8) is 0 Å². The van der Waals surface area contributed by atoms with E-state index < -0.39 is 0 Å². The Morgan fingerprint density at radius 3 is 2.58 bits per heavy atom. The Kier molecular flexibility index (Phi) is 6.71. The number of rotatable bonds is 7. The molecule has 0 spiro atoms. The first-order chi connectivity index (χ1) is 17.3. The number of nitrogens with one attached hydrogen (secondary N) is 2. The minimum Gasteiger partial charge on any atom is -0.385 e. The van der Waals surface area contributed by atoms with Crippen molar-refractivity contribution in [3.8, 4) is 0 Å². The molecule has 2 aromatic carbocycles. The quantitative estimate of drug-likeness (QED) is 0.300. The number of para-hydroxylation sites is 1. The van der Waals surface area contributed by atoms with Crippen molar-refractivity contribution >= 4 is 34.3 Å². The molecule has 5 nitrogen and oxygen atoms in total. The summed E-state index contributed by atoms with van der Waals surface area (Å²) in [7, 11) is 2.18. The molecule has 186 valence electrons. The van der Waals surface area contributed by atoms with Crippen molar-refractivity contribution < 1.29 is 0 Å². The standard InChI is InChI=1S/C30H35N5S/c1-21-20-30(2,3)34(4)26-15-14-22(19-24(21)26)28-27(25-13-8-9-16-32-25)33-29(36)35(28)18-10-17-31-23-11-6-5-7-12-23/h5-9,11-16,19-20,27-28,31H,10,17-18H2,1-4H3,(H,33,36). The predicted octanol–water partition coefficient (Wildman–Crippen LogP) is 6.19. The van der Waals surface area contributed by atoms with Crippen LogP contribution < -0.4 is 15.5 Å². The smallest absolute Gasteiger partial charge is 0.170 e. The summed E-state index contributed by atoms with van der Waals surface area (Å²) in [6.07, 6.45) is 5.20. The molecular formula is C30H35N5S. The summed E-state index contributed by atoms with van der Waals surface area (Å²) in [6, 6.07) is 23.4. The Labute approximate surface area is 220 Å². The number of hydrogen-bond acceptors (Lipinski definition) is 4. The van der Waals surface area contributed by atoms with Gasteiger partial charge in [-0.1, -0.05) is 36.4 Å². The number of anilines is 2. The molecule has 1 aromatic heterocycles. The van der Waals surface area contributed by atoms with E-state index in [1.54, 1.807) is 0 Å². The molecule has 0 amide bonds. The van der Waals surface area contributed by atoms with Gasteiger partial charge in [0, 0.05) is 43.3 Å². The first kappa shape index (κ1) is 24.3. The summed E-state index contributed by atoms with van der Waals surface area (Å²) in [6.45, 7) is 8.48. The van der Waals surface area contributed by atoms with Crippen LogP contribution in [0.4, 0.5) is 11.4 Å². The van der Waals surface area contributed by atoms with E-state index in [0.29, 0.717) is 0 Å². The molecule has 3 heterocycles. The zero-order valence-corrected chi connectivity index (χ0v) is 22.3. The topological polar surface area (TPSA) is 43.4 Å². The molecule has 1 saturated heterocycles. The molecule has 3 aromatic rings. The summed E-state index contributed by atoms with van der Waals surface area (Å²) in [5.74, 6) is 0. The Hall–Kier alpha value is -3.38. The fourth-order valence-corrected chi connectivity index (χ4v) is 5.74. The van der Waals surface area contributed by atoms with Crippen LogP contribution in [-0.2, 0) is 0 Å². The fourth-order valence-electron chi connectivity index (χ4n) is 5.41. The minimum atomic E-state index is -0.0106. The van der Waals surface area contributed by atoms with Gasteiger partial charge >= 0.3 is 0 Å². The van der Waals surface area contributed by atoms with Crippen LogP contribution in [0.3, 0.4) is 0 Å². The second kappa shape index (κ2) is 9.94. The summed E-state index contributed by atoms with van der Waals surface area (Å²) in [4.78, 5) is 9.40. The molecule has 0 radical (unpaired) electrons. The molecule has 0 aliphatic carbocycles. The Bertz CT molecular complexity index is 1250. The molecule has 2 atom stereocenters. The van der Waals surface area contributed by atoms with Gasteiger partial charge in [-0.05, 0) is 86.9 Å². The third-order valence-corrected chi connectivity index (χ3v) is 7.81. The number of fused-ring (bicyclic) bond motifs is 1. The number of aromatic nitrogens is 1. The van der Waals surface area contributed by atoms with E-state index in [9.17, 15) is 0 Å². The Morgan fingerprint density at radius 2 is 1.83 bits per heavy atom. The van der Waals surface area contributed by atoms with Crippen LogP contribution in [0.2, 0.25) is 0 Å². The van der Waals surface area contributed by atoms with Crippen LogP contribution in [0.1, 0.15) is 56.1 Å². The molecule has 6 heteroatoms. The number of benzene rings is 2. The lowest BCUT2D eigenvalue weighted by molar-refractivity contribution is 0.316. The van der Waals surface area contributed by atoms with E-state index in [-0.39, 0.29) is 17.6 Å². The van der Waals surface area contributed by atoms with E-state index >= 15 is 0 Å². The highest BCUT2D eigenvalue weighted by molar-refractivity contribution is 7.80. The Morgan fingerprint density at radius 1 is 1.06 bits per heavy atom. The van der Waals surface area contributed by atoms with Crippen LogP contribution in [0.5, 0.6) is 0 Å². The lowest BCUT2D eigenvalue weighted by atomic mass is 9.86. The predicted molar refractivity (Wildman–Crippen MR) is 154 cm³/mol. The summed E-state index contributed by atoms with van der Waals surface area (Å²) >= 11 is 5.88. The van der Waals surface area contributed by atoms with Crippen molar-refractivity contribution in [2.24, 2.45) is 0 Å². The number of nitrogens with zero attached hydrogens (tertiary/aromatic N) is 3. The fraction of sp³-hybridized carbons (Fsp3) is 0.333. The highest BCUT2D eigenvalue weighted by atomic mass is 32.1. The van der Waals surface area contributed by atoms with Gasteiger partial charge in [0.05, 0.1) is 23.3 Å². The third-order valence-electron chi connectivity index (χ3n) is 7.46. The van der Waals surface area contributed by atoms with Gasteiger partial charge in [-0.15, -0.1) is 0 Å². The van der Waals surface area contributed by atoms with E-state index in [1.165, 1.54) is 22.4 Å². The monoisotopic (exact) mass is 497 g/mol. The van der Waals surface area contributed by atoms with Crippen LogP contribution in [-0.4, -0.2) is 40.7 Å². The van der Waals surface area contributed by atoms with Crippen molar-refractivity contribution in [3.05, 3.63) is 95.8 Å². The van der Waals surface area contributed by atoms with E-state index in [0.717, 1.165) is 36.0 Å². The molecule has 2 N–H and O–H groups in total. The third kappa shape index (κ3) is 4.70. The molecule has 36 heavy (non-hydrogen) atoms. The normalized spacial score (nSPS) is 20.6. The van der Waals surface area contributed by atoms with E-state index in [1.807, 2.05) is 24.4 Å². The highest BCUT2D eigenvalue weighted by Gasteiger charge is 2.40. The van der Waals surface area contributed by atoms with E-state index in [2.05, 4.69) is 103 Å². The first-order valence-corrected chi connectivity index (χ1v) is 13.1. The van der Waals surface area contributed by atoms with Gasteiger partial charge in [0.25, 0.3) is 0 Å². The first-order valence-electron chi connectivity index (χ1n) is 12.7. The molecule has 5 rings (SSSR count). The SMILES string of the molecule is CC1=CC(C)(C)N(C)c2ccc(C3C(c4ccccn4)NC(=S)N3CCCNc3ccccc3)cc21. The molecule has 2 aliphatic rings. The number of allylic oxidation sites excluding steroid dienone is 1. The molecule has 0 bridgehead atoms. The van der Waals surface area contributed by atoms with Crippen LogP contribution in [0, 0.1) is 0 Å². The maximum atomic E-state index is 5.88. The lowest BCUT2D eigenvalue weighted by Crippen LogP contribution is -2.42. The average Bonchev–Trinajstić information content (AvgIpc) is 3.22. The average molecular weight is 498 g/mol. The van der Waals surface area contributed by atoms with Gasteiger partial charge in [0.1, 0.15) is 0 Å². The second-order valence-corrected chi connectivity index (χ2v) is 10.7. The van der Waals surface area contributed by atoms with Crippen molar-refractivity contribution in [2.45, 2.75) is 44.8 Å². The molecule has 1 fully saturated rings. The van der Waals surface area contributed by atoms with Crippen molar-refractivity contribution in [2.75, 3.05) is 30.4 Å². The van der Waals surface area contributed by atoms with Crippen molar-refractivity contribution in [1.29, 1.82) is 0 Å². The molecule has 2 unspecified atom stereocenters. The number of thiocarbonyl (C=S) groups is 1. The van der Waals surface area contributed by atoms with E-state index in [4.69, 9.17) is 17.2 Å². The summed E-state index contributed by atoms with van der Waals surface area (Å²) in [5.41, 5.74) is 7.28. The van der Waals surface area contributed by atoms with Crippen LogP contribution >= 0.6 is 12.2 Å². The van der Waals surface area contributed by atoms with Gasteiger partial charge < -0.3 is 20.4 Å². The van der Waals surface area contributed by atoms with Gasteiger partial charge in [0.2, 0.25) is 0 Å². The number of pyridine rings is 1. The second-order valence-electron chi connectivity index (χ2n) is 10.3. The number of hydrogen-bond donors (Lipinski definition) is 2. The maximum Gasteiger partial charge on any atom is 0.170 e. The highest BCUT2D eigenvalue weighted by Crippen LogP contribution is 2.43. The summed E-state index contributed by atoms with van der Waals surface area (Å²) < 4.78 is 0. The number of likely N-dealkylation sites (N-methyl/N-ethyl adjacent to an activating group) is 1. The van der Waals surface area contributed by atoms with Crippen LogP contribution in [0.25, 0.3) is 5.57 Å². The van der Waals surface area contributed by atoms with Gasteiger partial charge in [-0.2, -0.15) is 0 Å². The lowest BCUT2D eigenvalue weighted by Gasteiger charge is -2.41. The largest absolute Gasteiger partial charge is 0.385 e. The molecular weight excluding hydrogens is 462 g/mol.